The molecule has 0 aromatic carbocycles. The van der Waals surface area contributed by atoms with Crippen molar-refractivity contribution in [3.05, 3.63) is 11.1 Å². The molecule has 1 heterocycles. The second-order valence-electron chi connectivity index (χ2n) is 6.17. The number of aliphatic imine (C=N–C) groups is 1. The second-order valence-corrected chi connectivity index (χ2v) is 6.17. The molecule has 0 aromatic rings. The maximum Gasteiger partial charge on any atom is 0.331 e. The molecule has 1 atom stereocenters. The number of rotatable bonds is 10. The van der Waals surface area contributed by atoms with Crippen LogP contribution in [-0.4, -0.2) is 28.4 Å². The normalized spacial score (nSPS) is 21.7. The molecule has 0 aliphatic carbocycles. The van der Waals surface area contributed by atoms with Crippen LogP contribution in [0.4, 0.5) is 0 Å². The number of carbonyl (C=O) groups excluding carboxylic acids is 1. The van der Waals surface area contributed by atoms with Crippen LogP contribution in [0.1, 0.15) is 79.1 Å². The maximum absolute atomic E-state index is 12.6. The Labute approximate surface area is 139 Å². The molecule has 1 rings (SSSR count). The first kappa shape index (κ1) is 19.4. The van der Waals surface area contributed by atoms with Crippen LogP contribution in [0.5, 0.6) is 0 Å². The van der Waals surface area contributed by atoms with E-state index in [2.05, 4.69) is 12.2 Å². The van der Waals surface area contributed by atoms with E-state index >= 15 is 0 Å². The smallest absolute Gasteiger partial charge is 0.331 e. The molecule has 0 bridgehead atoms. The minimum Gasteiger partial charge on any atom is -0.478 e. The van der Waals surface area contributed by atoms with Crippen molar-refractivity contribution in [3.8, 4) is 0 Å². The van der Waals surface area contributed by atoms with Crippen molar-refractivity contribution in [3.63, 3.8) is 0 Å². The lowest BCUT2D eigenvalue weighted by atomic mass is 9.88. The number of aliphatic carboxylic acids is 1. The second kappa shape index (κ2) is 8.85. The highest BCUT2D eigenvalue weighted by Gasteiger charge is 2.43. The van der Waals surface area contributed by atoms with E-state index in [-0.39, 0.29) is 5.91 Å². The van der Waals surface area contributed by atoms with Crippen LogP contribution in [-0.2, 0) is 9.59 Å². The molecule has 0 aromatic heterocycles. The van der Waals surface area contributed by atoms with Gasteiger partial charge in [0, 0.05) is 11.1 Å². The summed E-state index contributed by atoms with van der Waals surface area (Å²) in [7, 11) is 0. The van der Waals surface area contributed by atoms with Gasteiger partial charge in [0.05, 0.1) is 0 Å². The predicted molar refractivity (Wildman–Crippen MR) is 92.6 cm³/mol. The molecular formula is C18H30N2O3. The van der Waals surface area contributed by atoms with Crippen LogP contribution < -0.4 is 5.32 Å². The number of nitrogens with one attached hydrogen (secondary N) is 1. The lowest BCUT2D eigenvalue weighted by Crippen LogP contribution is -2.40. The molecule has 0 spiro atoms. The van der Waals surface area contributed by atoms with Gasteiger partial charge in [-0.1, -0.05) is 53.4 Å². The van der Waals surface area contributed by atoms with Crippen LogP contribution in [0, 0.1) is 0 Å². The Morgan fingerprint density at radius 2 is 1.83 bits per heavy atom. The number of hydrogen-bond acceptors (Lipinski definition) is 3. The highest BCUT2D eigenvalue weighted by molar-refractivity contribution is 6.17. The van der Waals surface area contributed by atoms with Crippen molar-refractivity contribution in [2.24, 2.45) is 4.99 Å². The maximum atomic E-state index is 12.6. The number of unbranched alkanes of at least 4 members (excludes halogenated alkanes) is 1. The zero-order chi connectivity index (χ0) is 17.5. The fourth-order valence-corrected chi connectivity index (χ4v) is 3.16. The summed E-state index contributed by atoms with van der Waals surface area (Å²) in [4.78, 5) is 28.8. The molecule has 1 aliphatic heterocycles. The van der Waals surface area contributed by atoms with Crippen LogP contribution in [0.3, 0.4) is 0 Å². The number of carboxylic acids is 1. The zero-order valence-corrected chi connectivity index (χ0v) is 14.9. The number of carbonyl (C=O) groups is 2. The summed E-state index contributed by atoms with van der Waals surface area (Å²) in [5.41, 5.74) is 0.329. The SMILES string of the molecule is CCCCC1(CCC)N=C(C(CCC)=C(CC)C(=O)O)NC1=O. The Kier molecular flexibility index (Phi) is 7.46. The Bertz CT molecular complexity index is 508. The molecule has 0 saturated heterocycles. The largest absolute Gasteiger partial charge is 0.478 e. The topological polar surface area (TPSA) is 78.8 Å². The third kappa shape index (κ3) is 4.43. The van der Waals surface area contributed by atoms with Gasteiger partial charge in [0.2, 0.25) is 0 Å². The molecule has 23 heavy (non-hydrogen) atoms. The molecule has 1 unspecified atom stereocenters. The minimum atomic E-state index is -0.922. The van der Waals surface area contributed by atoms with Crippen molar-refractivity contribution in [2.75, 3.05) is 0 Å². The highest BCUT2D eigenvalue weighted by Crippen LogP contribution is 2.31. The summed E-state index contributed by atoms with van der Waals surface area (Å²) in [6, 6.07) is 0. The zero-order valence-electron chi connectivity index (χ0n) is 14.9. The van der Waals surface area contributed by atoms with Crippen molar-refractivity contribution in [1.82, 2.24) is 5.32 Å². The molecular weight excluding hydrogens is 292 g/mol. The summed E-state index contributed by atoms with van der Waals surface area (Å²) >= 11 is 0. The van der Waals surface area contributed by atoms with E-state index in [9.17, 15) is 14.7 Å². The van der Waals surface area contributed by atoms with E-state index in [4.69, 9.17) is 4.99 Å². The van der Waals surface area contributed by atoms with Crippen molar-refractivity contribution < 1.29 is 14.7 Å². The summed E-state index contributed by atoms with van der Waals surface area (Å²) in [6.45, 7) is 7.97. The van der Waals surface area contributed by atoms with Crippen LogP contribution in [0.25, 0.3) is 0 Å². The molecule has 0 radical (unpaired) electrons. The van der Waals surface area contributed by atoms with Crippen LogP contribution in [0.2, 0.25) is 0 Å². The summed E-state index contributed by atoms with van der Waals surface area (Å²) in [5.74, 6) is -0.507. The van der Waals surface area contributed by atoms with Gasteiger partial charge in [0.1, 0.15) is 11.4 Å². The predicted octanol–water partition coefficient (Wildman–Crippen LogP) is 3.84. The molecule has 1 amide bonds. The van der Waals surface area contributed by atoms with Crippen molar-refractivity contribution in [1.29, 1.82) is 0 Å². The number of amides is 1. The summed E-state index contributed by atoms with van der Waals surface area (Å²) < 4.78 is 0. The van der Waals surface area contributed by atoms with Gasteiger partial charge in [-0.3, -0.25) is 9.79 Å². The fraction of sp³-hybridized carbons (Fsp3) is 0.722. The van der Waals surface area contributed by atoms with Crippen molar-refractivity contribution in [2.45, 2.75) is 84.6 Å². The first-order valence-electron chi connectivity index (χ1n) is 8.82. The Morgan fingerprint density at radius 1 is 1.13 bits per heavy atom. The molecule has 1 aliphatic rings. The van der Waals surface area contributed by atoms with Gasteiger partial charge in [-0.2, -0.15) is 0 Å². The number of hydrogen-bond donors (Lipinski definition) is 2. The van der Waals surface area contributed by atoms with E-state index in [1.807, 2.05) is 20.8 Å². The lowest BCUT2D eigenvalue weighted by Gasteiger charge is -2.22. The van der Waals surface area contributed by atoms with Gasteiger partial charge >= 0.3 is 5.97 Å². The first-order valence-corrected chi connectivity index (χ1v) is 8.82. The molecule has 5 nitrogen and oxygen atoms in total. The monoisotopic (exact) mass is 322 g/mol. The third-order valence-electron chi connectivity index (χ3n) is 4.35. The minimum absolute atomic E-state index is 0.0720. The molecule has 0 fully saturated rings. The van der Waals surface area contributed by atoms with Gasteiger partial charge in [-0.25, -0.2) is 4.79 Å². The number of nitrogens with zero attached hydrogens (tertiary/aromatic N) is 1. The molecule has 0 saturated carbocycles. The van der Waals surface area contributed by atoms with Crippen molar-refractivity contribution >= 4 is 17.7 Å². The summed E-state index contributed by atoms with van der Waals surface area (Å²) in [5, 5.41) is 12.3. The van der Waals surface area contributed by atoms with E-state index in [1.54, 1.807) is 0 Å². The number of amidine groups is 1. The quantitative estimate of drug-likeness (QED) is 0.600. The van der Waals surface area contributed by atoms with Gasteiger partial charge < -0.3 is 10.4 Å². The lowest BCUT2D eigenvalue weighted by molar-refractivity contribution is -0.132. The molecule has 2 N–H and O–H groups in total. The van der Waals surface area contributed by atoms with Gasteiger partial charge in [0.25, 0.3) is 5.91 Å². The number of carboxylic acid groups (broad SMARTS) is 1. The third-order valence-corrected chi connectivity index (χ3v) is 4.35. The van der Waals surface area contributed by atoms with E-state index in [0.717, 1.165) is 32.1 Å². The Morgan fingerprint density at radius 3 is 2.30 bits per heavy atom. The van der Waals surface area contributed by atoms with Gasteiger partial charge in [-0.05, 0) is 25.7 Å². The average Bonchev–Trinajstić information content (AvgIpc) is 2.82. The van der Waals surface area contributed by atoms with Gasteiger partial charge in [0.15, 0.2) is 0 Å². The fourth-order valence-electron chi connectivity index (χ4n) is 3.16. The van der Waals surface area contributed by atoms with E-state index < -0.39 is 11.5 Å². The highest BCUT2D eigenvalue weighted by atomic mass is 16.4. The van der Waals surface area contributed by atoms with E-state index in [0.29, 0.717) is 36.2 Å². The first-order chi connectivity index (χ1) is 11.0. The van der Waals surface area contributed by atoms with Crippen LogP contribution >= 0.6 is 0 Å². The Balaban J connectivity index is 3.30. The molecule has 5 heteroatoms. The van der Waals surface area contributed by atoms with E-state index in [1.165, 1.54) is 0 Å². The average molecular weight is 322 g/mol. The van der Waals surface area contributed by atoms with Gasteiger partial charge in [-0.15, -0.1) is 0 Å². The summed E-state index contributed by atoms with van der Waals surface area (Å²) in [6.07, 6.45) is 6.11. The van der Waals surface area contributed by atoms with Crippen LogP contribution in [0.15, 0.2) is 16.1 Å². The standard InChI is InChI=1S/C18H30N2O3/c1-5-9-12-18(11-7-3)17(23)19-15(20-18)14(10-6-2)13(8-4)16(21)22/h5-12H2,1-4H3,(H,21,22)(H,19,20,23). The Hall–Kier alpha value is -1.65. The molecule has 130 valence electrons.